The average Bonchev–Trinajstić information content (AvgIpc) is 3.04. The van der Waals surface area contributed by atoms with Crippen LogP contribution >= 0.6 is 7.71 Å². The van der Waals surface area contributed by atoms with Gasteiger partial charge in [0.1, 0.15) is 0 Å². The minimum absolute atomic E-state index is 1.15. The SMILES string of the molecule is CCN(CC)[P+](C)(N(CC)CC)N1CC1. The highest BCUT2D eigenvalue weighted by Gasteiger charge is 2.54. The van der Waals surface area contributed by atoms with E-state index in [1.807, 2.05) is 0 Å². The van der Waals surface area contributed by atoms with Crippen LogP contribution in [-0.4, -0.2) is 59.9 Å². The fourth-order valence-corrected chi connectivity index (χ4v) is 6.54. The first kappa shape index (κ1) is 13.4. The van der Waals surface area contributed by atoms with Gasteiger partial charge in [-0.2, -0.15) is 0 Å². The lowest BCUT2D eigenvalue weighted by Gasteiger charge is -2.39. The Morgan fingerprint density at radius 2 is 1.20 bits per heavy atom. The molecule has 90 valence electrons. The van der Waals surface area contributed by atoms with Crippen LogP contribution in [0.3, 0.4) is 0 Å². The molecule has 1 fully saturated rings. The summed E-state index contributed by atoms with van der Waals surface area (Å²) in [5.41, 5.74) is 0. The van der Waals surface area contributed by atoms with Crippen molar-refractivity contribution in [2.45, 2.75) is 27.7 Å². The molecule has 0 bridgehead atoms. The summed E-state index contributed by atoms with van der Waals surface area (Å²) in [5, 5.41) is 0. The van der Waals surface area contributed by atoms with E-state index in [2.05, 4.69) is 48.4 Å². The van der Waals surface area contributed by atoms with Crippen molar-refractivity contribution in [3.63, 3.8) is 0 Å². The van der Waals surface area contributed by atoms with Crippen LogP contribution in [0.1, 0.15) is 27.7 Å². The molecule has 1 saturated heterocycles. The van der Waals surface area contributed by atoms with Crippen LogP contribution in [0.5, 0.6) is 0 Å². The highest BCUT2D eigenvalue weighted by molar-refractivity contribution is 7.68. The second-order valence-corrected chi connectivity index (χ2v) is 7.53. The average molecular weight is 232 g/mol. The van der Waals surface area contributed by atoms with E-state index in [1.54, 1.807) is 0 Å². The van der Waals surface area contributed by atoms with Gasteiger partial charge in [0, 0.05) is 26.2 Å². The Morgan fingerprint density at radius 1 is 0.867 bits per heavy atom. The Hall–Kier alpha value is 0.310. The summed E-state index contributed by atoms with van der Waals surface area (Å²) in [4.78, 5) is 0. The second-order valence-electron chi connectivity index (χ2n) is 4.10. The maximum absolute atomic E-state index is 2.67. The van der Waals surface area contributed by atoms with E-state index >= 15 is 0 Å². The molecule has 0 aromatic carbocycles. The van der Waals surface area contributed by atoms with Gasteiger partial charge in [-0.3, -0.25) is 0 Å². The van der Waals surface area contributed by atoms with Crippen LogP contribution in [0, 0.1) is 0 Å². The Bertz CT molecular complexity index is 174. The molecule has 15 heavy (non-hydrogen) atoms. The monoisotopic (exact) mass is 232 g/mol. The molecule has 1 aliphatic rings. The molecule has 1 aliphatic heterocycles. The van der Waals surface area contributed by atoms with Crippen LogP contribution in [0.2, 0.25) is 0 Å². The molecule has 0 radical (unpaired) electrons. The van der Waals surface area contributed by atoms with Crippen LogP contribution in [0.4, 0.5) is 0 Å². The van der Waals surface area contributed by atoms with Gasteiger partial charge < -0.3 is 0 Å². The highest BCUT2D eigenvalue weighted by Crippen LogP contribution is 2.66. The molecule has 0 N–H and O–H groups in total. The van der Waals surface area contributed by atoms with E-state index in [0.717, 1.165) is 0 Å². The van der Waals surface area contributed by atoms with Crippen molar-refractivity contribution in [1.29, 1.82) is 0 Å². The zero-order valence-electron chi connectivity index (χ0n) is 11.0. The van der Waals surface area contributed by atoms with Crippen molar-refractivity contribution in [3.05, 3.63) is 0 Å². The highest BCUT2D eigenvalue weighted by atomic mass is 31.2. The van der Waals surface area contributed by atoms with Gasteiger partial charge in [-0.1, -0.05) is 0 Å². The Balaban J connectivity index is 2.84. The third kappa shape index (κ3) is 2.52. The Morgan fingerprint density at radius 3 is 1.40 bits per heavy atom. The fraction of sp³-hybridized carbons (Fsp3) is 1.00. The van der Waals surface area contributed by atoms with E-state index in [0.29, 0.717) is 0 Å². The minimum Gasteiger partial charge on any atom is -0.149 e. The van der Waals surface area contributed by atoms with Crippen molar-refractivity contribution in [1.82, 2.24) is 14.0 Å². The predicted octanol–water partition coefficient (Wildman–Crippen LogP) is 2.38. The van der Waals surface area contributed by atoms with Crippen molar-refractivity contribution in [3.8, 4) is 0 Å². The quantitative estimate of drug-likeness (QED) is 0.493. The van der Waals surface area contributed by atoms with E-state index in [9.17, 15) is 0 Å². The largest absolute Gasteiger partial charge is 0.224 e. The normalized spacial score (nSPS) is 17.8. The molecule has 1 rings (SSSR count). The lowest BCUT2D eigenvalue weighted by Crippen LogP contribution is -2.39. The first-order chi connectivity index (χ1) is 7.14. The molecule has 3 nitrogen and oxygen atoms in total. The Labute approximate surface area is 95.9 Å². The zero-order chi connectivity index (χ0) is 11.5. The smallest absolute Gasteiger partial charge is 0.149 e. The minimum atomic E-state index is -1.15. The van der Waals surface area contributed by atoms with E-state index in [-0.39, 0.29) is 0 Å². The standard InChI is InChI=1S/C11H27N3P/c1-6-12(7-2)15(5,14-10-11-14)13(8-3)9-4/h6-11H2,1-5H3/q+1. The van der Waals surface area contributed by atoms with Gasteiger partial charge >= 0.3 is 0 Å². The lowest BCUT2D eigenvalue weighted by atomic mass is 10.7. The molecule has 0 saturated carbocycles. The third-order valence-corrected chi connectivity index (χ3v) is 8.24. The lowest BCUT2D eigenvalue weighted by molar-refractivity contribution is 0.384. The summed E-state index contributed by atoms with van der Waals surface area (Å²) in [5.74, 6) is 0. The van der Waals surface area contributed by atoms with Gasteiger partial charge in [0.25, 0.3) is 0 Å². The van der Waals surface area contributed by atoms with Crippen LogP contribution in [-0.2, 0) is 0 Å². The fourth-order valence-electron chi connectivity index (χ4n) is 2.48. The topological polar surface area (TPSA) is 9.49 Å². The summed E-state index contributed by atoms with van der Waals surface area (Å²) < 4.78 is 8.02. The van der Waals surface area contributed by atoms with Gasteiger partial charge in [0.05, 0.1) is 19.8 Å². The van der Waals surface area contributed by atoms with E-state index in [1.165, 1.54) is 39.3 Å². The first-order valence-corrected chi connectivity index (χ1v) is 8.37. The van der Waals surface area contributed by atoms with Crippen molar-refractivity contribution in [2.75, 3.05) is 45.9 Å². The molecule has 0 atom stereocenters. The van der Waals surface area contributed by atoms with Crippen molar-refractivity contribution in [2.24, 2.45) is 0 Å². The number of nitrogens with zero attached hydrogens (tertiary/aromatic N) is 3. The van der Waals surface area contributed by atoms with Crippen LogP contribution in [0.15, 0.2) is 0 Å². The number of rotatable bonds is 7. The van der Waals surface area contributed by atoms with Crippen molar-refractivity contribution < 1.29 is 0 Å². The van der Waals surface area contributed by atoms with Gasteiger partial charge in [-0.15, -0.1) is 14.0 Å². The molecule has 0 spiro atoms. The summed E-state index contributed by atoms with van der Waals surface area (Å²) in [6.07, 6.45) is 0. The summed E-state index contributed by atoms with van der Waals surface area (Å²) >= 11 is 0. The molecule has 0 unspecified atom stereocenters. The molecule has 1 heterocycles. The van der Waals surface area contributed by atoms with Crippen LogP contribution in [0.25, 0.3) is 0 Å². The molecule has 0 amide bonds. The maximum atomic E-state index is 2.67. The number of hydrogen-bond donors (Lipinski definition) is 0. The predicted molar refractivity (Wildman–Crippen MR) is 70.3 cm³/mol. The summed E-state index contributed by atoms with van der Waals surface area (Å²) in [7, 11) is -1.15. The van der Waals surface area contributed by atoms with E-state index in [4.69, 9.17) is 0 Å². The summed E-state index contributed by atoms with van der Waals surface area (Å²) in [6, 6.07) is 0. The van der Waals surface area contributed by atoms with E-state index < -0.39 is 7.71 Å². The Kier molecular flexibility index (Phi) is 4.98. The summed E-state index contributed by atoms with van der Waals surface area (Å²) in [6.45, 7) is 18.9. The zero-order valence-corrected chi connectivity index (χ0v) is 11.9. The molecule has 4 heteroatoms. The molecule has 0 aromatic heterocycles. The van der Waals surface area contributed by atoms with Gasteiger partial charge in [0.15, 0.2) is 0 Å². The third-order valence-electron chi connectivity index (χ3n) is 3.49. The van der Waals surface area contributed by atoms with Gasteiger partial charge in [0.2, 0.25) is 7.71 Å². The molecule has 0 aliphatic carbocycles. The first-order valence-electron chi connectivity index (χ1n) is 6.27. The van der Waals surface area contributed by atoms with Gasteiger partial charge in [-0.05, 0) is 27.7 Å². The van der Waals surface area contributed by atoms with Crippen molar-refractivity contribution >= 4 is 7.71 Å². The van der Waals surface area contributed by atoms with Gasteiger partial charge in [-0.25, -0.2) is 0 Å². The molecule has 0 aromatic rings. The molecular weight excluding hydrogens is 205 g/mol. The van der Waals surface area contributed by atoms with Crippen LogP contribution < -0.4 is 0 Å². The second kappa shape index (κ2) is 5.58. The molecular formula is C11H27N3P+. The maximum Gasteiger partial charge on any atom is 0.224 e. The number of hydrogen-bond acceptors (Lipinski definition) is 3.